The highest BCUT2D eigenvalue weighted by Crippen LogP contribution is 2.29. The Morgan fingerprint density at radius 3 is 2.64 bits per heavy atom. The van der Waals surface area contributed by atoms with Crippen LogP contribution in [-0.4, -0.2) is 48.1 Å². The fraction of sp³-hybridized carbons (Fsp3) is 0.333. The number of benzene rings is 1. The molecule has 1 aromatic heterocycles. The third-order valence-corrected chi connectivity index (χ3v) is 5.80. The predicted molar refractivity (Wildman–Crippen MR) is 95.0 cm³/mol. The molecular formula is C18H20N2O4S. The van der Waals surface area contributed by atoms with E-state index in [4.69, 9.17) is 0 Å². The van der Waals surface area contributed by atoms with Gasteiger partial charge in [-0.15, -0.1) is 0 Å². The normalized spacial score (nSPS) is 18.8. The second-order valence-corrected chi connectivity index (χ2v) is 8.27. The summed E-state index contributed by atoms with van der Waals surface area (Å²) < 4.78 is 25.0. The Morgan fingerprint density at radius 2 is 2.00 bits per heavy atom. The van der Waals surface area contributed by atoms with E-state index in [0.29, 0.717) is 18.7 Å². The first-order valence-electron chi connectivity index (χ1n) is 8.10. The summed E-state index contributed by atoms with van der Waals surface area (Å²) in [4.78, 5) is 15.8. The van der Waals surface area contributed by atoms with Gasteiger partial charge in [-0.25, -0.2) is 17.5 Å². The average molecular weight is 360 g/mol. The Labute approximate surface area is 147 Å². The second kappa shape index (κ2) is 6.93. The number of carboxylic acids is 1. The number of carboxylic acid groups (broad SMARTS) is 1. The maximum Gasteiger partial charge on any atom is 0.336 e. The molecule has 0 amide bonds. The van der Waals surface area contributed by atoms with Gasteiger partial charge in [0, 0.05) is 36.5 Å². The number of aromatic nitrogens is 1. The predicted octanol–water partition coefficient (Wildman–Crippen LogP) is 2.59. The minimum atomic E-state index is -3.19. The summed E-state index contributed by atoms with van der Waals surface area (Å²) in [6.45, 7) is 0.996. The Morgan fingerprint density at radius 1 is 1.24 bits per heavy atom. The lowest BCUT2D eigenvalue weighted by molar-refractivity contribution is 0.0697. The van der Waals surface area contributed by atoms with Gasteiger partial charge in [0.25, 0.3) is 0 Å². The SMILES string of the molecule is CS(=O)(=O)N1CCC[C@@H](c2ccc(-c3ccccc3C(=O)O)cn2)C1. The lowest BCUT2D eigenvalue weighted by Gasteiger charge is -2.30. The minimum Gasteiger partial charge on any atom is -0.478 e. The number of rotatable bonds is 4. The molecule has 6 nitrogen and oxygen atoms in total. The topological polar surface area (TPSA) is 87.6 Å². The van der Waals surface area contributed by atoms with Crippen molar-refractivity contribution < 1.29 is 18.3 Å². The first-order valence-corrected chi connectivity index (χ1v) is 9.95. The van der Waals surface area contributed by atoms with Gasteiger partial charge in [0.05, 0.1) is 11.8 Å². The molecule has 2 heterocycles. The van der Waals surface area contributed by atoms with Crippen LogP contribution in [0.25, 0.3) is 11.1 Å². The lowest BCUT2D eigenvalue weighted by atomic mass is 9.94. The molecule has 1 atom stereocenters. The van der Waals surface area contributed by atoms with Crippen LogP contribution in [0.5, 0.6) is 0 Å². The fourth-order valence-corrected chi connectivity index (χ4v) is 4.12. The van der Waals surface area contributed by atoms with Crippen molar-refractivity contribution in [2.45, 2.75) is 18.8 Å². The summed E-state index contributed by atoms with van der Waals surface area (Å²) in [5.41, 5.74) is 2.43. The van der Waals surface area contributed by atoms with Crippen molar-refractivity contribution in [3.63, 3.8) is 0 Å². The highest BCUT2D eigenvalue weighted by molar-refractivity contribution is 7.88. The third-order valence-electron chi connectivity index (χ3n) is 4.53. The number of piperidine rings is 1. The number of carbonyl (C=O) groups is 1. The van der Waals surface area contributed by atoms with Crippen LogP contribution in [-0.2, 0) is 10.0 Å². The summed E-state index contributed by atoms with van der Waals surface area (Å²) in [6.07, 6.45) is 4.60. The van der Waals surface area contributed by atoms with Gasteiger partial charge in [0.2, 0.25) is 10.0 Å². The molecule has 2 aromatic rings. The Balaban J connectivity index is 1.85. The van der Waals surface area contributed by atoms with Crippen LogP contribution in [0.3, 0.4) is 0 Å². The van der Waals surface area contributed by atoms with E-state index in [1.807, 2.05) is 12.1 Å². The summed E-state index contributed by atoms with van der Waals surface area (Å²) in [5.74, 6) is -0.914. The Bertz CT molecular complexity index is 878. The Kier molecular flexibility index (Phi) is 4.87. The van der Waals surface area contributed by atoms with Gasteiger partial charge < -0.3 is 5.11 Å². The van der Waals surface area contributed by atoms with Gasteiger partial charge in [0.15, 0.2) is 0 Å². The first kappa shape index (κ1) is 17.6. The van der Waals surface area contributed by atoms with E-state index in [1.165, 1.54) is 10.6 Å². The molecule has 0 aliphatic carbocycles. The van der Waals surface area contributed by atoms with Crippen LogP contribution in [0.1, 0.15) is 34.8 Å². The molecule has 0 unspecified atom stereocenters. The average Bonchev–Trinajstić information content (AvgIpc) is 2.61. The van der Waals surface area contributed by atoms with E-state index in [1.54, 1.807) is 30.5 Å². The van der Waals surface area contributed by atoms with E-state index in [2.05, 4.69) is 4.98 Å². The van der Waals surface area contributed by atoms with Gasteiger partial charge in [-0.3, -0.25) is 4.98 Å². The lowest BCUT2D eigenvalue weighted by Crippen LogP contribution is -2.38. The molecule has 1 N–H and O–H groups in total. The van der Waals surface area contributed by atoms with Crippen LogP contribution in [0, 0.1) is 0 Å². The quantitative estimate of drug-likeness (QED) is 0.905. The van der Waals surface area contributed by atoms with Crippen molar-refractivity contribution in [2.75, 3.05) is 19.3 Å². The molecule has 1 aromatic carbocycles. The van der Waals surface area contributed by atoms with Crippen LogP contribution >= 0.6 is 0 Å². The van der Waals surface area contributed by atoms with E-state index < -0.39 is 16.0 Å². The van der Waals surface area contributed by atoms with Crippen LogP contribution in [0.2, 0.25) is 0 Å². The van der Waals surface area contributed by atoms with Crippen LogP contribution < -0.4 is 0 Å². The zero-order valence-corrected chi connectivity index (χ0v) is 14.7. The molecule has 25 heavy (non-hydrogen) atoms. The zero-order chi connectivity index (χ0) is 18.0. The van der Waals surface area contributed by atoms with Gasteiger partial charge in [-0.05, 0) is 30.5 Å². The molecule has 0 radical (unpaired) electrons. The fourth-order valence-electron chi connectivity index (χ4n) is 3.21. The molecule has 1 aliphatic heterocycles. The van der Waals surface area contributed by atoms with Crippen molar-refractivity contribution in [2.24, 2.45) is 0 Å². The largest absolute Gasteiger partial charge is 0.478 e. The van der Waals surface area contributed by atoms with Gasteiger partial charge in [-0.2, -0.15) is 0 Å². The number of pyridine rings is 1. The molecule has 0 bridgehead atoms. The zero-order valence-electron chi connectivity index (χ0n) is 13.9. The van der Waals surface area contributed by atoms with Gasteiger partial charge in [-0.1, -0.05) is 24.3 Å². The third kappa shape index (κ3) is 3.88. The molecule has 132 valence electrons. The van der Waals surface area contributed by atoms with Crippen molar-refractivity contribution in [1.29, 1.82) is 0 Å². The number of aromatic carboxylic acids is 1. The Hall–Kier alpha value is -2.25. The van der Waals surface area contributed by atoms with Gasteiger partial charge >= 0.3 is 5.97 Å². The summed E-state index contributed by atoms with van der Waals surface area (Å²) in [5, 5.41) is 9.31. The van der Waals surface area contributed by atoms with Crippen LogP contribution in [0.4, 0.5) is 0 Å². The van der Waals surface area contributed by atoms with Gasteiger partial charge in [0.1, 0.15) is 0 Å². The molecule has 1 saturated heterocycles. The van der Waals surface area contributed by atoms with Crippen molar-refractivity contribution in [3.05, 3.63) is 53.9 Å². The number of nitrogens with zero attached hydrogens (tertiary/aromatic N) is 2. The van der Waals surface area contributed by atoms with E-state index >= 15 is 0 Å². The van der Waals surface area contributed by atoms with Crippen molar-refractivity contribution in [1.82, 2.24) is 9.29 Å². The summed E-state index contributed by atoms with van der Waals surface area (Å²) in [6, 6.07) is 10.5. The molecule has 1 fully saturated rings. The minimum absolute atomic E-state index is 0.0623. The number of hydrogen-bond donors (Lipinski definition) is 1. The van der Waals surface area contributed by atoms with Crippen molar-refractivity contribution in [3.8, 4) is 11.1 Å². The standard InChI is InChI=1S/C18H20N2O4S/c1-25(23,24)20-10-4-5-14(12-20)17-9-8-13(11-19-17)15-6-2-3-7-16(15)18(21)22/h2-3,6-9,11,14H,4-5,10,12H2,1H3,(H,21,22)/t14-/m1/s1. The highest BCUT2D eigenvalue weighted by Gasteiger charge is 2.27. The number of hydrogen-bond acceptors (Lipinski definition) is 4. The van der Waals surface area contributed by atoms with E-state index in [-0.39, 0.29) is 11.5 Å². The number of sulfonamides is 1. The van der Waals surface area contributed by atoms with Crippen molar-refractivity contribution >= 4 is 16.0 Å². The van der Waals surface area contributed by atoms with Crippen LogP contribution in [0.15, 0.2) is 42.6 Å². The maximum atomic E-state index is 11.8. The molecule has 1 aliphatic rings. The molecule has 0 saturated carbocycles. The first-order chi connectivity index (χ1) is 11.9. The van der Waals surface area contributed by atoms with E-state index in [0.717, 1.165) is 24.1 Å². The monoisotopic (exact) mass is 360 g/mol. The highest BCUT2D eigenvalue weighted by atomic mass is 32.2. The smallest absolute Gasteiger partial charge is 0.336 e. The molecular weight excluding hydrogens is 340 g/mol. The molecule has 3 rings (SSSR count). The van der Waals surface area contributed by atoms with E-state index in [9.17, 15) is 18.3 Å². The summed E-state index contributed by atoms with van der Waals surface area (Å²) in [7, 11) is -3.19. The molecule has 0 spiro atoms. The maximum absolute atomic E-state index is 11.8. The summed E-state index contributed by atoms with van der Waals surface area (Å²) >= 11 is 0. The molecule has 7 heteroatoms. The second-order valence-electron chi connectivity index (χ2n) is 6.28.